The average molecular weight is 364 g/mol. The highest BCUT2D eigenvalue weighted by atomic mass is 16.4. The van der Waals surface area contributed by atoms with E-state index in [2.05, 4.69) is 10.6 Å². The van der Waals surface area contributed by atoms with Crippen molar-refractivity contribution < 1.29 is 19.5 Å². The highest BCUT2D eigenvalue weighted by Crippen LogP contribution is 2.03. The molecule has 1 rings (SSSR count). The monoisotopic (exact) mass is 364 g/mol. The van der Waals surface area contributed by atoms with E-state index in [1.54, 1.807) is 0 Å². The van der Waals surface area contributed by atoms with Crippen molar-refractivity contribution in [2.24, 2.45) is 11.5 Å². The second-order valence-corrected chi connectivity index (χ2v) is 6.21. The van der Waals surface area contributed by atoms with E-state index in [1.807, 2.05) is 30.3 Å². The predicted molar refractivity (Wildman–Crippen MR) is 98.2 cm³/mol. The van der Waals surface area contributed by atoms with Crippen LogP contribution in [0.4, 0.5) is 0 Å². The Labute approximate surface area is 153 Å². The molecule has 3 atom stereocenters. The Kier molecular flexibility index (Phi) is 9.32. The molecule has 0 aliphatic heterocycles. The van der Waals surface area contributed by atoms with Crippen LogP contribution in [0, 0.1) is 0 Å². The summed E-state index contributed by atoms with van der Waals surface area (Å²) in [6.45, 7) is 1.95. The fourth-order valence-electron chi connectivity index (χ4n) is 2.39. The third-order valence-electron chi connectivity index (χ3n) is 3.95. The molecule has 0 saturated carbocycles. The second kappa shape index (κ2) is 11.2. The van der Waals surface area contributed by atoms with Crippen LogP contribution in [0.25, 0.3) is 0 Å². The lowest BCUT2D eigenvalue weighted by Crippen LogP contribution is -2.53. The van der Waals surface area contributed by atoms with Crippen molar-refractivity contribution in [1.82, 2.24) is 10.6 Å². The SMILES string of the molecule is CC(NC(=O)C(N)Cc1ccccc1)C(=O)NC(CCCCN)C(=O)O. The lowest BCUT2D eigenvalue weighted by molar-refractivity contribution is -0.142. The van der Waals surface area contributed by atoms with Gasteiger partial charge in [0.25, 0.3) is 0 Å². The molecule has 2 amide bonds. The number of benzene rings is 1. The first kappa shape index (κ1) is 21.6. The van der Waals surface area contributed by atoms with Crippen LogP contribution in [0.5, 0.6) is 0 Å². The molecule has 7 N–H and O–H groups in total. The van der Waals surface area contributed by atoms with Gasteiger partial charge in [0.1, 0.15) is 12.1 Å². The maximum absolute atomic E-state index is 12.2. The van der Waals surface area contributed by atoms with Crippen LogP contribution in [0.1, 0.15) is 31.7 Å². The number of rotatable bonds is 11. The minimum Gasteiger partial charge on any atom is -0.480 e. The van der Waals surface area contributed by atoms with Crippen LogP contribution >= 0.6 is 0 Å². The van der Waals surface area contributed by atoms with Crippen molar-refractivity contribution in [3.63, 3.8) is 0 Å². The highest BCUT2D eigenvalue weighted by Gasteiger charge is 2.25. The molecule has 0 fully saturated rings. The summed E-state index contributed by atoms with van der Waals surface area (Å²) in [6.07, 6.45) is 1.90. The van der Waals surface area contributed by atoms with E-state index in [0.29, 0.717) is 25.8 Å². The van der Waals surface area contributed by atoms with Gasteiger partial charge < -0.3 is 27.2 Å². The summed E-state index contributed by atoms with van der Waals surface area (Å²) in [7, 11) is 0. The Morgan fingerprint density at radius 3 is 2.31 bits per heavy atom. The molecule has 0 aliphatic rings. The molecule has 0 saturated heterocycles. The van der Waals surface area contributed by atoms with E-state index >= 15 is 0 Å². The summed E-state index contributed by atoms with van der Waals surface area (Å²) in [4.78, 5) is 35.5. The maximum Gasteiger partial charge on any atom is 0.326 e. The summed E-state index contributed by atoms with van der Waals surface area (Å²) in [5.41, 5.74) is 12.2. The zero-order valence-corrected chi connectivity index (χ0v) is 15.0. The molecule has 8 heteroatoms. The van der Waals surface area contributed by atoms with E-state index in [9.17, 15) is 19.5 Å². The minimum absolute atomic E-state index is 0.284. The topological polar surface area (TPSA) is 148 Å². The summed E-state index contributed by atoms with van der Waals surface area (Å²) in [5.74, 6) is -2.15. The smallest absolute Gasteiger partial charge is 0.326 e. The first-order valence-electron chi connectivity index (χ1n) is 8.68. The molecule has 0 aliphatic carbocycles. The van der Waals surface area contributed by atoms with Crippen molar-refractivity contribution in [3.8, 4) is 0 Å². The molecule has 0 aromatic heterocycles. The zero-order valence-electron chi connectivity index (χ0n) is 15.0. The number of amides is 2. The summed E-state index contributed by atoms with van der Waals surface area (Å²) in [6, 6.07) is 6.61. The first-order valence-corrected chi connectivity index (χ1v) is 8.68. The second-order valence-electron chi connectivity index (χ2n) is 6.21. The molecule has 1 aromatic rings. The third kappa shape index (κ3) is 7.62. The fourth-order valence-corrected chi connectivity index (χ4v) is 2.39. The van der Waals surface area contributed by atoms with Crippen LogP contribution in [-0.2, 0) is 20.8 Å². The molecule has 26 heavy (non-hydrogen) atoms. The number of aliphatic carboxylic acids is 1. The van der Waals surface area contributed by atoms with Crippen molar-refractivity contribution in [3.05, 3.63) is 35.9 Å². The van der Waals surface area contributed by atoms with E-state index in [-0.39, 0.29) is 6.42 Å². The largest absolute Gasteiger partial charge is 0.480 e. The third-order valence-corrected chi connectivity index (χ3v) is 3.95. The van der Waals surface area contributed by atoms with Gasteiger partial charge in [0.05, 0.1) is 6.04 Å². The van der Waals surface area contributed by atoms with Gasteiger partial charge >= 0.3 is 5.97 Å². The Morgan fingerprint density at radius 2 is 1.73 bits per heavy atom. The molecule has 3 unspecified atom stereocenters. The van der Waals surface area contributed by atoms with E-state index in [4.69, 9.17) is 11.5 Å². The van der Waals surface area contributed by atoms with Gasteiger partial charge in [0.15, 0.2) is 0 Å². The van der Waals surface area contributed by atoms with Crippen LogP contribution in [-0.4, -0.2) is 47.6 Å². The number of carbonyl (C=O) groups is 3. The number of carboxylic acid groups (broad SMARTS) is 1. The Bertz CT molecular complexity index is 594. The molecule has 0 spiro atoms. The number of carbonyl (C=O) groups excluding carboxylic acids is 2. The van der Waals surface area contributed by atoms with Gasteiger partial charge in [0, 0.05) is 0 Å². The zero-order chi connectivity index (χ0) is 19.5. The van der Waals surface area contributed by atoms with Gasteiger partial charge in [-0.25, -0.2) is 4.79 Å². The lowest BCUT2D eigenvalue weighted by Gasteiger charge is -2.20. The number of unbranched alkanes of at least 4 members (excludes halogenated alkanes) is 1. The lowest BCUT2D eigenvalue weighted by atomic mass is 10.1. The fraction of sp³-hybridized carbons (Fsp3) is 0.500. The van der Waals surface area contributed by atoms with Gasteiger partial charge in [-0.15, -0.1) is 0 Å². The normalized spacial score (nSPS) is 14.1. The Balaban J connectivity index is 2.50. The van der Waals surface area contributed by atoms with Crippen molar-refractivity contribution >= 4 is 17.8 Å². The quantitative estimate of drug-likeness (QED) is 0.342. The highest BCUT2D eigenvalue weighted by molar-refractivity contribution is 5.91. The molecular formula is C18H28N4O4. The van der Waals surface area contributed by atoms with Gasteiger partial charge in [-0.1, -0.05) is 30.3 Å². The number of hydrogen-bond acceptors (Lipinski definition) is 5. The van der Waals surface area contributed by atoms with Crippen LogP contribution in [0.15, 0.2) is 30.3 Å². The maximum atomic E-state index is 12.2. The van der Waals surface area contributed by atoms with Gasteiger partial charge in [-0.2, -0.15) is 0 Å². The predicted octanol–water partition coefficient (Wildman–Crippen LogP) is -0.240. The number of nitrogens with one attached hydrogen (secondary N) is 2. The standard InChI is InChI=1S/C18H28N4O4/c1-12(16(23)22-15(18(25)26)9-5-6-10-19)21-17(24)14(20)11-13-7-3-2-4-8-13/h2-4,7-8,12,14-15H,5-6,9-11,19-20H2,1H3,(H,21,24)(H,22,23)(H,25,26). The van der Waals surface area contributed by atoms with E-state index < -0.39 is 35.9 Å². The molecule has 0 radical (unpaired) electrons. The molecular weight excluding hydrogens is 336 g/mol. The first-order chi connectivity index (χ1) is 12.3. The minimum atomic E-state index is -1.12. The summed E-state index contributed by atoms with van der Waals surface area (Å²) in [5, 5.41) is 14.1. The van der Waals surface area contributed by atoms with Gasteiger partial charge in [-0.05, 0) is 44.7 Å². The van der Waals surface area contributed by atoms with Crippen LogP contribution < -0.4 is 22.1 Å². The van der Waals surface area contributed by atoms with Crippen molar-refractivity contribution in [1.29, 1.82) is 0 Å². The summed E-state index contributed by atoms with van der Waals surface area (Å²) >= 11 is 0. The van der Waals surface area contributed by atoms with Crippen molar-refractivity contribution in [2.45, 2.75) is 50.7 Å². The number of hydrogen-bond donors (Lipinski definition) is 5. The van der Waals surface area contributed by atoms with Crippen molar-refractivity contribution in [2.75, 3.05) is 6.54 Å². The molecule has 0 bridgehead atoms. The van der Waals surface area contributed by atoms with Gasteiger partial charge in [0.2, 0.25) is 11.8 Å². The van der Waals surface area contributed by atoms with Crippen LogP contribution in [0.2, 0.25) is 0 Å². The Hall–Kier alpha value is -2.45. The average Bonchev–Trinajstić information content (AvgIpc) is 2.61. The molecule has 8 nitrogen and oxygen atoms in total. The van der Waals surface area contributed by atoms with E-state index in [1.165, 1.54) is 6.92 Å². The molecule has 1 aromatic carbocycles. The molecule has 0 heterocycles. The van der Waals surface area contributed by atoms with Gasteiger partial charge in [-0.3, -0.25) is 9.59 Å². The molecule has 144 valence electrons. The summed E-state index contributed by atoms with van der Waals surface area (Å²) < 4.78 is 0. The Morgan fingerprint density at radius 1 is 1.08 bits per heavy atom. The van der Waals surface area contributed by atoms with Crippen LogP contribution in [0.3, 0.4) is 0 Å². The van der Waals surface area contributed by atoms with E-state index in [0.717, 1.165) is 5.56 Å². The number of nitrogens with two attached hydrogens (primary N) is 2. The number of carboxylic acids is 1.